The van der Waals surface area contributed by atoms with Gasteiger partial charge in [0, 0.05) is 19.5 Å². The lowest BCUT2D eigenvalue weighted by Gasteiger charge is -2.01. The van der Waals surface area contributed by atoms with Crippen molar-refractivity contribution in [3.05, 3.63) is 11.4 Å². The van der Waals surface area contributed by atoms with Crippen molar-refractivity contribution < 1.29 is 5.11 Å². The highest BCUT2D eigenvalue weighted by atomic mass is 16.3. The number of hydrogen-bond donors (Lipinski definition) is 4. The highest BCUT2D eigenvalue weighted by Crippen LogP contribution is 2.11. The number of aliphatic hydroxyl groups is 1. The molecule has 5 nitrogen and oxygen atoms in total. The van der Waals surface area contributed by atoms with Crippen molar-refractivity contribution >= 4 is 5.69 Å². The van der Waals surface area contributed by atoms with E-state index >= 15 is 0 Å². The van der Waals surface area contributed by atoms with E-state index in [4.69, 9.17) is 10.8 Å². The van der Waals surface area contributed by atoms with Crippen LogP contribution in [0.2, 0.25) is 0 Å². The topological polar surface area (TPSA) is 87.0 Å². The van der Waals surface area contributed by atoms with Gasteiger partial charge in [0.1, 0.15) is 0 Å². The Kier molecular flexibility index (Phi) is 3.72. The number of hydrogen-bond acceptors (Lipinski definition) is 4. The summed E-state index contributed by atoms with van der Waals surface area (Å²) < 4.78 is 0. The molecule has 5 heteroatoms. The Morgan fingerprint density at radius 2 is 2.31 bits per heavy atom. The van der Waals surface area contributed by atoms with Crippen molar-refractivity contribution in [1.29, 1.82) is 0 Å². The van der Waals surface area contributed by atoms with Crippen LogP contribution in [0.4, 0.5) is 5.69 Å². The second-order valence-electron chi connectivity index (χ2n) is 2.92. The van der Waals surface area contributed by atoms with Crippen LogP contribution in [0.1, 0.15) is 11.4 Å². The Balaban J connectivity index is 2.32. The minimum absolute atomic E-state index is 0.164. The van der Waals surface area contributed by atoms with E-state index in [9.17, 15) is 0 Å². The number of H-pyrrole nitrogens is 1. The Bertz CT molecular complexity index is 259. The number of rotatable bonds is 5. The summed E-state index contributed by atoms with van der Waals surface area (Å²) in [7, 11) is 0. The normalized spacial score (nSPS) is 10.6. The zero-order chi connectivity index (χ0) is 9.68. The van der Waals surface area contributed by atoms with E-state index < -0.39 is 0 Å². The lowest BCUT2D eigenvalue weighted by Crippen LogP contribution is -2.21. The van der Waals surface area contributed by atoms with Crippen LogP contribution in [0, 0.1) is 6.92 Å². The molecule has 0 saturated carbocycles. The quantitative estimate of drug-likeness (QED) is 0.461. The van der Waals surface area contributed by atoms with Gasteiger partial charge in [-0.25, -0.2) is 0 Å². The highest BCUT2D eigenvalue weighted by molar-refractivity contribution is 5.46. The summed E-state index contributed by atoms with van der Waals surface area (Å²) >= 11 is 0. The molecule has 1 rings (SSSR count). The molecule has 0 radical (unpaired) electrons. The van der Waals surface area contributed by atoms with E-state index in [1.807, 2.05) is 6.92 Å². The maximum atomic E-state index is 8.51. The molecule has 0 fully saturated rings. The van der Waals surface area contributed by atoms with Crippen molar-refractivity contribution in [3.63, 3.8) is 0 Å². The summed E-state index contributed by atoms with van der Waals surface area (Å²) in [6.07, 6.45) is 0.812. The van der Waals surface area contributed by atoms with Crippen LogP contribution < -0.4 is 11.1 Å². The van der Waals surface area contributed by atoms with Crippen LogP contribution in [-0.4, -0.2) is 35.0 Å². The van der Waals surface area contributed by atoms with Crippen LogP contribution in [0.3, 0.4) is 0 Å². The molecule has 0 bridgehead atoms. The number of aromatic nitrogens is 2. The average molecular weight is 184 g/mol. The Hall–Kier alpha value is -1.07. The second-order valence-corrected chi connectivity index (χ2v) is 2.92. The number of nitrogen functional groups attached to an aromatic ring is 1. The summed E-state index contributed by atoms with van der Waals surface area (Å²) in [5, 5.41) is 18.4. The van der Waals surface area contributed by atoms with Gasteiger partial charge in [-0.05, 0) is 6.92 Å². The zero-order valence-electron chi connectivity index (χ0n) is 7.80. The molecule has 0 aliphatic carbocycles. The first kappa shape index (κ1) is 10.0. The Morgan fingerprint density at radius 1 is 1.54 bits per heavy atom. The molecule has 5 N–H and O–H groups in total. The molecular weight excluding hydrogens is 168 g/mol. The van der Waals surface area contributed by atoms with Crippen LogP contribution >= 0.6 is 0 Å². The van der Waals surface area contributed by atoms with Gasteiger partial charge >= 0.3 is 0 Å². The van der Waals surface area contributed by atoms with Gasteiger partial charge in [-0.1, -0.05) is 0 Å². The van der Waals surface area contributed by atoms with Crippen LogP contribution in [0.15, 0.2) is 0 Å². The minimum Gasteiger partial charge on any atom is -0.396 e. The molecule has 1 aromatic heterocycles. The van der Waals surface area contributed by atoms with E-state index in [-0.39, 0.29) is 6.61 Å². The molecule has 1 aromatic rings. The summed E-state index contributed by atoms with van der Waals surface area (Å²) in [4.78, 5) is 0. The van der Waals surface area contributed by atoms with E-state index in [0.29, 0.717) is 6.54 Å². The van der Waals surface area contributed by atoms with Gasteiger partial charge < -0.3 is 16.2 Å². The third kappa shape index (κ3) is 2.71. The molecule has 13 heavy (non-hydrogen) atoms. The first-order valence-corrected chi connectivity index (χ1v) is 4.36. The van der Waals surface area contributed by atoms with Crippen LogP contribution in [0.25, 0.3) is 0 Å². The van der Waals surface area contributed by atoms with Crippen molar-refractivity contribution in [2.75, 3.05) is 25.4 Å². The number of aryl methyl sites for hydroxylation is 1. The number of aromatic amines is 1. The molecular formula is C8H16N4O. The largest absolute Gasteiger partial charge is 0.396 e. The summed E-state index contributed by atoms with van der Waals surface area (Å²) in [5.41, 5.74) is 8.29. The van der Waals surface area contributed by atoms with Crippen molar-refractivity contribution in [1.82, 2.24) is 15.5 Å². The third-order valence-corrected chi connectivity index (χ3v) is 1.91. The monoisotopic (exact) mass is 184 g/mol. The fourth-order valence-corrected chi connectivity index (χ4v) is 1.10. The van der Waals surface area contributed by atoms with E-state index in [1.54, 1.807) is 0 Å². The molecule has 74 valence electrons. The van der Waals surface area contributed by atoms with Crippen molar-refractivity contribution in [2.45, 2.75) is 13.3 Å². The summed E-state index contributed by atoms with van der Waals surface area (Å²) in [5.74, 6) is 0. The SMILES string of the molecule is Cc1n[nH]c(CCNCCO)c1N. The van der Waals surface area contributed by atoms with Crippen molar-refractivity contribution in [3.8, 4) is 0 Å². The first-order chi connectivity index (χ1) is 6.25. The molecule has 0 aliphatic heterocycles. The maximum absolute atomic E-state index is 8.51. The summed E-state index contributed by atoms with van der Waals surface area (Å²) in [6.45, 7) is 3.45. The molecule has 1 heterocycles. The Labute approximate surface area is 77.3 Å². The number of anilines is 1. The highest BCUT2D eigenvalue weighted by Gasteiger charge is 2.04. The fourth-order valence-electron chi connectivity index (χ4n) is 1.10. The van der Waals surface area contributed by atoms with Crippen LogP contribution in [-0.2, 0) is 6.42 Å². The number of aliphatic hydroxyl groups excluding tert-OH is 1. The Morgan fingerprint density at radius 3 is 2.85 bits per heavy atom. The van der Waals surface area contributed by atoms with Gasteiger partial charge in [-0.2, -0.15) is 5.10 Å². The average Bonchev–Trinajstić information content (AvgIpc) is 2.43. The van der Waals surface area contributed by atoms with Gasteiger partial charge in [-0.3, -0.25) is 5.10 Å². The standard InChI is InChI=1S/C8H16N4O/c1-6-8(9)7(12-11-6)2-3-10-4-5-13/h10,13H,2-5,9H2,1H3,(H,11,12). The van der Waals surface area contributed by atoms with Gasteiger partial charge in [-0.15, -0.1) is 0 Å². The van der Waals surface area contributed by atoms with Gasteiger partial charge in [0.15, 0.2) is 0 Å². The first-order valence-electron chi connectivity index (χ1n) is 4.36. The molecule has 0 atom stereocenters. The molecule has 0 aliphatic rings. The number of nitrogens with zero attached hydrogens (tertiary/aromatic N) is 1. The second kappa shape index (κ2) is 4.84. The van der Waals surface area contributed by atoms with E-state index in [0.717, 1.165) is 30.0 Å². The van der Waals surface area contributed by atoms with E-state index in [1.165, 1.54) is 0 Å². The minimum atomic E-state index is 0.164. The van der Waals surface area contributed by atoms with Crippen molar-refractivity contribution in [2.24, 2.45) is 0 Å². The third-order valence-electron chi connectivity index (χ3n) is 1.91. The summed E-state index contributed by atoms with van der Waals surface area (Å²) in [6, 6.07) is 0. The predicted molar refractivity (Wildman–Crippen MR) is 51.4 cm³/mol. The molecule has 0 saturated heterocycles. The smallest absolute Gasteiger partial charge is 0.0823 e. The van der Waals surface area contributed by atoms with Gasteiger partial charge in [0.2, 0.25) is 0 Å². The maximum Gasteiger partial charge on any atom is 0.0823 e. The lowest BCUT2D eigenvalue weighted by atomic mass is 10.2. The zero-order valence-corrected chi connectivity index (χ0v) is 7.80. The molecule has 0 unspecified atom stereocenters. The lowest BCUT2D eigenvalue weighted by molar-refractivity contribution is 0.292. The van der Waals surface area contributed by atoms with Crippen LogP contribution in [0.5, 0.6) is 0 Å². The molecule has 0 aromatic carbocycles. The molecule has 0 spiro atoms. The number of nitrogens with one attached hydrogen (secondary N) is 2. The van der Waals surface area contributed by atoms with Gasteiger partial charge in [0.25, 0.3) is 0 Å². The number of nitrogens with two attached hydrogens (primary N) is 1. The van der Waals surface area contributed by atoms with E-state index in [2.05, 4.69) is 15.5 Å². The molecule has 0 amide bonds. The van der Waals surface area contributed by atoms with Gasteiger partial charge in [0.05, 0.1) is 23.7 Å². The fraction of sp³-hybridized carbons (Fsp3) is 0.625. The predicted octanol–water partition coefficient (Wildman–Crippen LogP) is -0.575.